The molecule has 63 heavy (non-hydrogen) atoms. The van der Waals surface area contributed by atoms with Crippen molar-refractivity contribution in [1.82, 2.24) is 19.9 Å². The lowest BCUT2D eigenvalue weighted by Crippen LogP contribution is -2.28. The number of nitrogens with zero attached hydrogens (tertiary/aromatic N) is 4. The van der Waals surface area contributed by atoms with Crippen LogP contribution in [0.4, 0.5) is 0 Å². The molecule has 0 amide bonds. The van der Waals surface area contributed by atoms with Crippen molar-refractivity contribution in [3.05, 3.63) is 241 Å². The van der Waals surface area contributed by atoms with E-state index in [1.54, 1.807) is 6.20 Å². The van der Waals surface area contributed by atoms with Gasteiger partial charge in [0, 0.05) is 34.0 Å². The van der Waals surface area contributed by atoms with E-state index in [0.717, 1.165) is 55.8 Å². The highest BCUT2D eigenvalue weighted by molar-refractivity contribution is 5.92. The molecule has 6 heteroatoms. The van der Waals surface area contributed by atoms with Crippen molar-refractivity contribution >= 4 is 0 Å². The second-order valence-electron chi connectivity index (χ2n) is 15.7. The topological polar surface area (TPSA) is 70.0 Å². The van der Waals surface area contributed by atoms with Gasteiger partial charge in [-0.1, -0.05) is 176 Å². The first-order chi connectivity index (χ1) is 31.2. The maximum atomic E-state index is 7.08. The van der Waals surface area contributed by atoms with Gasteiger partial charge in [-0.15, -0.1) is 0 Å². The Balaban J connectivity index is 0.980. The molecule has 6 nitrogen and oxygen atoms in total. The fourth-order valence-corrected chi connectivity index (χ4v) is 9.35. The molecule has 8 aromatic carbocycles. The summed E-state index contributed by atoms with van der Waals surface area (Å²) in [7, 11) is 0. The summed E-state index contributed by atoms with van der Waals surface area (Å²) in [5.74, 6) is 4.38. The van der Waals surface area contributed by atoms with Gasteiger partial charge in [-0.05, 0) is 75.3 Å². The van der Waals surface area contributed by atoms with E-state index in [-0.39, 0.29) is 0 Å². The highest BCUT2D eigenvalue weighted by Gasteiger charge is 2.48. The van der Waals surface area contributed by atoms with E-state index in [0.29, 0.717) is 40.5 Å². The van der Waals surface area contributed by atoms with E-state index in [9.17, 15) is 0 Å². The van der Waals surface area contributed by atoms with Crippen LogP contribution in [-0.2, 0) is 5.41 Å². The third-order valence-corrected chi connectivity index (χ3v) is 12.1. The first-order valence-corrected chi connectivity index (χ1v) is 21.0. The van der Waals surface area contributed by atoms with E-state index in [1.807, 2.05) is 78.9 Å². The Morgan fingerprint density at radius 2 is 0.952 bits per heavy atom. The average Bonchev–Trinajstić information content (AvgIpc) is 3.68. The standard InChI is InChI=1S/C57H36N4O2/c1-4-17-37(18-5-1)54-59-55(40-20-16-19-39(35-40)48-29-14-15-34-58-48)61-56(60-54)44-26-11-10-25-43(44)38-30-32-49-51(36-38)63-53-50(62-49)33-31-47-52(53)45-27-12-13-28-46(45)57(47,41-21-6-2-7-22-41)42-23-8-3-9-24-42/h1-36H. The molecule has 0 fully saturated rings. The molecular formula is C57H36N4O2. The van der Waals surface area contributed by atoms with Gasteiger partial charge in [0.05, 0.1) is 11.1 Å². The van der Waals surface area contributed by atoms with Crippen molar-refractivity contribution in [2.45, 2.75) is 5.41 Å². The summed E-state index contributed by atoms with van der Waals surface area (Å²) in [4.78, 5) is 19.9. The van der Waals surface area contributed by atoms with Crippen LogP contribution in [0.15, 0.2) is 219 Å². The number of pyridine rings is 1. The lowest BCUT2D eigenvalue weighted by molar-refractivity contribution is 0.360. The number of benzene rings is 8. The molecule has 0 saturated carbocycles. The SMILES string of the molecule is c1ccc(-c2nc(-c3cccc(-c4ccccn4)c3)nc(-c3ccccc3-c3ccc4c(c3)Oc3c(ccc5c3-c3ccccc3C5(c3ccccc3)c3ccccc3)O4)n2)cc1. The van der Waals surface area contributed by atoms with Gasteiger partial charge in [-0.3, -0.25) is 4.98 Å². The zero-order valence-corrected chi connectivity index (χ0v) is 33.9. The largest absolute Gasteiger partial charge is 0.449 e. The third kappa shape index (κ3) is 6.03. The Kier molecular flexibility index (Phi) is 8.61. The van der Waals surface area contributed by atoms with Gasteiger partial charge in [-0.2, -0.15) is 0 Å². The zero-order valence-electron chi connectivity index (χ0n) is 33.9. The van der Waals surface area contributed by atoms with Crippen LogP contribution < -0.4 is 9.47 Å². The van der Waals surface area contributed by atoms with Crippen molar-refractivity contribution in [2.24, 2.45) is 0 Å². The van der Waals surface area contributed by atoms with Crippen LogP contribution in [0.25, 0.3) is 67.7 Å². The Bertz CT molecular complexity index is 3300. The smallest absolute Gasteiger partial charge is 0.178 e. The second-order valence-corrected chi connectivity index (χ2v) is 15.7. The van der Waals surface area contributed by atoms with Crippen molar-refractivity contribution in [3.63, 3.8) is 0 Å². The molecule has 0 atom stereocenters. The van der Waals surface area contributed by atoms with Crippen LogP contribution in [0.3, 0.4) is 0 Å². The highest BCUT2D eigenvalue weighted by atomic mass is 16.6. The Hall–Kier alpha value is -8.48. The van der Waals surface area contributed by atoms with Gasteiger partial charge in [-0.25, -0.2) is 15.0 Å². The van der Waals surface area contributed by atoms with Crippen LogP contribution in [0.2, 0.25) is 0 Å². The summed E-state index contributed by atoms with van der Waals surface area (Å²) in [6, 6.07) is 73.0. The van der Waals surface area contributed by atoms with Crippen LogP contribution in [0, 0.1) is 0 Å². The number of hydrogen-bond acceptors (Lipinski definition) is 6. The minimum absolute atomic E-state index is 0.560. The molecule has 10 aromatic rings. The summed E-state index contributed by atoms with van der Waals surface area (Å²) >= 11 is 0. The minimum atomic E-state index is -0.560. The zero-order chi connectivity index (χ0) is 41.7. The van der Waals surface area contributed by atoms with Crippen LogP contribution in [0.1, 0.15) is 22.3 Å². The lowest BCUT2D eigenvalue weighted by atomic mass is 9.68. The highest BCUT2D eigenvalue weighted by Crippen LogP contribution is 2.62. The van der Waals surface area contributed by atoms with Crippen LogP contribution in [-0.4, -0.2) is 19.9 Å². The van der Waals surface area contributed by atoms with Crippen LogP contribution >= 0.6 is 0 Å². The molecule has 0 spiro atoms. The summed E-state index contributed by atoms with van der Waals surface area (Å²) < 4.78 is 13.8. The molecule has 3 heterocycles. The molecular weight excluding hydrogens is 773 g/mol. The molecule has 1 aliphatic carbocycles. The van der Waals surface area contributed by atoms with E-state index in [4.69, 9.17) is 24.4 Å². The number of aromatic nitrogens is 4. The normalized spacial score (nSPS) is 12.8. The molecule has 0 radical (unpaired) electrons. The van der Waals surface area contributed by atoms with Gasteiger partial charge in [0.15, 0.2) is 40.5 Å². The van der Waals surface area contributed by atoms with Crippen molar-refractivity contribution in [3.8, 4) is 90.7 Å². The summed E-state index contributed by atoms with van der Waals surface area (Å²) in [6.45, 7) is 0. The Morgan fingerprint density at radius 3 is 1.70 bits per heavy atom. The van der Waals surface area contributed by atoms with Gasteiger partial charge in [0.25, 0.3) is 0 Å². The molecule has 0 unspecified atom stereocenters. The van der Waals surface area contributed by atoms with Crippen molar-refractivity contribution < 1.29 is 9.47 Å². The molecule has 2 aliphatic rings. The second kappa shape index (κ2) is 14.9. The van der Waals surface area contributed by atoms with E-state index in [2.05, 4.69) is 138 Å². The first kappa shape index (κ1) is 36.4. The fourth-order valence-electron chi connectivity index (χ4n) is 9.35. The summed E-state index contributed by atoms with van der Waals surface area (Å²) in [5, 5.41) is 0. The number of ether oxygens (including phenoxy) is 2. The monoisotopic (exact) mass is 808 g/mol. The molecule has 1 aliphatic heterocycles. The van der Waals surface area contributed by atoms with Gasteiger partial charge in [0.2, 0.25) is 0 Å². The van der Waals surface area contributed by atoms with Gasteiger partial charge in [0.1, 0.15) is 0 Å². The maximum Gasteiger partial charge on any atom is 0.178 e. The number of hydrogen-bond donors (Lipinski definition) is 0. The first-order valence-electron chi connectivity index (χ1n) is 21.0. The summed E-state index contributed by atoms with van der Waals surface area (Å²) in [6.07, 6.45) is 1.80. The number of fused-ring (bicyclic) bond motifs is 6. The molecule has 0 N–H and O–H groups in total. The molecule has 12 rings (SSSR count). The van der Waals surface area contributed by atoms with E-state index in [1.165, 1.54) is 16.7 Å². The predicted octanol–water partition coefficient (Wildman–Crippen LogP) is 13.9. The van der Waals surface area contributed by atoms with E-state index < -0.39 is 5.41 Å². The van der Waals surface area contributed by atoms with Gasteiger partial charge < -0.3 is 9.47 Å². The van der Waals surface area contributed by atoms with Crippen molar-refractivity contribution in [2.75, 3.05) is 0 Å². The maximum absolute atomic E-state index is 7.08. The fraction of sp³-hybridized carbons (Fsp3) is 0.0175. The Morgan fingerprint density at radius 1 is 0.349 bits per heavy atom. The molecule has 296 valence electrons. The quantitative estimate of drug-likeness (QED) is 0.160. The molecule has 2 aromatic heterocycles. The van der Waals surface area contributed by atoms with Crippen molar-refractivity contribution in [1.29, 1.82) is 0 Å². The minimum Gasteiger partial charge on any atom is -0.449 e. The van der Waals surface area contributed by atoms with E-state index >= 15 is 0 Å². The van der Waals surface area contributed by atoms with Gasteiger partial charge >= 0.3 is 0 Å². The Labute approximate surface area is 364 Å². The predicted molar refractivity (Wildman–Crippen MR) is 249 cm³/mol. The van der Waals surface area contributed by atoms with Crippen LogP contribution in [0.5, 0.6) is 23.0 Å². The average molecular weight is 809 g/mol. The lowest BCUT2D eigenvalue weighted by Gasteiger charge is -2.34. The third-order valence-electron chi connectivity index (χ3n) is 12.1. The summed E-state index contributed by atoms with van der Waals surface area (Å²) in [5.41, 5.74) is 12.7. The molecule has 0 bridgehead atoms. The number of rotatable bonds is 7. The molecule has 0 saturated heterocycles.